The van der Waals surface area contributed by atoms with Crippen molar-refractivity contribution in [2.75, 3.05) is 0 Å². The van der Waals surface area contributed by atoms with Gasteiger partial charge in [-0.2, -0.15) is 0 Å². The van der Waals surface area contributed by atoms with Crippen molar-refractivity contribution in [2.45, 2.75) is 27.7 Å². The van der Waals surface area contributed by atoms with Crippen molar-refractivity contribution >= 4 is 126 Å². The first-order valence-electron chi connectivity index (χ1n) is 9.17. The summed E-state index contributed by atoms with van der Waals surface area (Å²) in [4.78, 5) is 5.70. The molecular formula is C22H16S7. The minimum atomic E-state index is 1.42. The van der Waals surface area contributed by atoms with Gasteiger partial charge in [0.2, 0.25) is 0 Å². The number of hydrogen-bond acceptors (Lipinski definition) is 7. The third kappa shape index (κ3) is 3.05. The Morgan fingerprint density at radius 3 is 1.62 bits per heavy atom. The molecule has 7 rings (SSSR count). The average molecular weight is 505 g/mol. The van der Waals surface area contributed by atoms with Gasteiger partial charge in [-0.3, -0.25) is 0 Å². The molecule has 29 heavy (non-hydrogen) atoms. The number of fused-ring (bicyclic) bond motifs is 8. The second kappa shape index (κ2) is 6.85. The Morgan fingerprint density at radius 2 is 0.931 bits per heavy atom. The van der Waals surface area contributed by atoms with E-state index in [4.69, 9.17) is 0 Å². The van der Waals surface area contributed by atoms with Crippen molar-refractivity contribution in [1.29, 1.82) is 0 Å². The molecule has 0 fully saturated rings. The zero-order valence-corrected chi connectivity index (χ0v) is 21.9. The second-order valence-electron chi connectivity index (χ2n) is 7.18. The molecule has 0 saturated heterocycles. The largest absolute Gasteiger partial charge is 0.139 e. The van der Waals surface area contributed by atoms with E-state index in [9.17, 15) is 0 Å². The Labute approximate surface area is 196 Å². The molecule has 0 amide bonds. The number of rotatable bonds is 0. The summed E-state index contributed by atoms with van der Waals surface area (Å²) >= 11 is 13.6. The van der Waals surface area contributed by atoms with Crippen molar-refractivity contribution in [3.05, 3.63) is 43.8 Å². The maximum atomic E-state index is 2.34. The first-order chi connectivity index (χ1) is 14.0. The maximum Gasteiger partial charge on any atom is 0.0889 e. The molecule has 0 unspecified atom stereocenters. The van der Waals surface area contributed by atoms with Crippen LogP contribution in [0.5, 0.6) is 0 Å². The molecule has 0 aliphatic heterocycles. The van der Waals surface area contributed by atoms with Gasteiger partial charge in [-0.1, -0.05) is 0 Å². The van der Waals surface area contributed by atoms with Gasteiger partial charge in [0.25, 0.3) is 0 Å². The van der Waals surface area contributed by atoms with Crippen LogP contribution in [-0.2, 0) is 0 Å². The van der Waals surface area contributed by atoms with Crippen molar-refractivity contribution in [3.8, 4) is 0 Å². The van der Waals surface area contributed by atoms with E-state index in [0.717, 1.165) is 0 Å². The fraction of sp³-hybridized carbons (Fsp3) is 0.182. The van der Waals surface area contributed by atoms with Crippen LogP contribution < -0.4 is 0 Å². The molecule has 7 heteroatoms. The minimum Gasteiger partial charge on any atom is -0.139 e. The maximum absolute atomic E-state index is 2.34. The summed E-state index contributed by atoms with van der Waals surface area (Å²) in [7, 11) is 0. The van der Waals surface area contributed by atoms with Crippen LogP contribution in [0.4, 0.5) is 0 Å². The molecular weight excluding hydrogens is 489 g/mol. The Morgan fingerprint density at radius 1 is 0.414 bits per heavy atom. The van der Waals surface area contributed by atoms with Crippen LogP contribution in [0, 0.1) is 27.7 Å². The standard InChI is InChI=1S/C12H8S4.C10H8S3/c1-5-3-7-9-11(16-12(7)14-5)10-8(15-9)4-6(2)13-10;1-5-3-7-9-8(4-6(2)11-9)13-10(7)12-5/h3-4H,1-2H3;3-4H,1-2H3. The average Bonchev–Trinajstić information content (AvgIpc) is 3.44. The molecule has 0 aliphatic carbocycles. The van der Waals surface area contributed by atoms with Gasteiger partial charge in [0.15, 0.2) is 0 Å². The van der Waals surface area contributed by atoms with Gasteiger partial charge < -0.3 is 0 Å². The molecule has 146 valence electrons. The molecule has 0 aromatic carbocycles. The van der Waals surface area contributed by atoms with Gasteiger partial charge in [0.1, 0.15) is 0 Å². The third-order valence-electron chi connectivity index (χ3n) is 4.80. The van der Waals surface area contributed by atoms with E-state index in [1.54, 1.807) is 0 Å². The SMILES string of the molecule is Cc1cc2c(s1)sc1c3sc(C)cc3sc21.Cc1cc2c(s1)sc1cc(C)sc12. The Kier molecular flexibility index (Phi) is 4.47. The lowest BCUT2D eigenvalue weighted by atomic mass is 10.3. The van der Waals surface area contributed by atoms with E-state index in [2.05, 4.69) is 52.0 Å². The molecule has 0 spiro atoms. The lowest BCUT2D eigenvalue weighted by molar-refractivity contribution is 1.66. The van der Waals surface area contributed by atoms with Crippen LogP contribution >= 0.6 is 79.4 Å². The van der Waals surface area contributed by atoms with E-state index in [0.29, 0.717) is 0 Å². The normalized spacial score (nSPS) is 12.1. The molecule has 7 aromatic rings. The molecule has 0 nitrogen and oxygen atoms in total. The van der Waals surface area contributed by atoms with Crippen LogP contribution in [-0.4, -0.2) is 0 Å². The van der Waals surface area contributed by atoms with Crippen molar-refractivity contribution in [3.63, 3.8) is 0 Å². The molecule has 0 atom stereocenters. The summed E-state index contributed by atoms with van der Waals surface area (Å²) < 4.78 is 11.9. The fourth-order valence-electron chi connectivity index (χ4n) is 3.66. The van der Waals surface area contributed by atoms with Gasteiger partial charge in [0, 0.05) is 39.7 Å². The lowest BCUT2D eigenvalue weighted by Crippen LogP contribution is -1.51. The second-order valence-corrected chi connectivity index (χ2v) is 15.8. The summed E-state index contributed by atoms with van der Waals surface area (Å²) in [6.45, 7) is 8.76. The highest BCUT2D eigenvalue weighted by Crippen LogP contribution is 2.49. The smallest absolute Gasteiger partial charge is 0.0889 e. The highest BCUT2D eigenvalue weighted by molar-refractivity contribution is 7.47. The van der Waals surface area contributed by atoms with Gasteiger partial charge in [-0.15, -0.1) is 79.4 Å². The molecule has 0 bridgehead atoms. The van der Waals surface area contributed by atoms with Crippen LogP contribution in [0.2, 0.25) is 0 Å². The summed E-state index contributed by atoms with van der Waals surface area (Å²) in [5, 5.41) is 2.95. The monoisotopic (exact) mass is 504 g/mol. The van der Waals surface area contributed by atoms with Crippen LogP contribution in [0.1, 0.15) is 19.5 Å². The van der Waals surface area contributed by atoms with Gasteiger partial charge >= 0.3 is 0 Å². The van der Waals surface area contributed by atoms with Gasteiger partial charge in [-0.25, -0.2) is 0 Å². The molecule has 0 saturated carbocycles. The Bertz CT molecular complexity index is 1530. The van der Waals surface area contributed by atoms with E-state index < -0.39 is 0 Å². The molecule has 7 aromatic heterocycles. The zero-order chi connectivity index (χ0) is 19.9. The lowest BCUT2D eigenvalue weighted by Gasteiger charge is -1.78. The fourth-order valence-corrected chi connectivity index (χ4v) is 13.0. The minimum absolute atomic E-state index is 1.42. The van der Waals surface area contributed by atoms with Gasteiger partial charge in [-0.05, 0) is 52.0 Å². The first-order valence-corrected chi connectivity index (χ1v) is 14.9. The molecule has 0 N–H and O–H groups in total. The van der Waals surface area contributed by atoms with E-state index in [1.165, 1.54) is 66.5 Å². The van der Waals surface area contributed by atoms with Crippen molar-refractivity contribution in [2.24, 2.45) is 0 Å². The summed E-state index contributed by atoms with van der Waals surface area (Å²) in [5.74, 6) is 0. The Hall–Kier alpha value is -0.800. The Balaban J connectivity index is 0.000000117. The predicted molar refractivity (Wildman–Crippen MR) is 145 cm³/mol. The highest BCUT2D eigenvalue weighted by Gasteiger charge is 2.15. The third-order valence-corrected chi connectivity index (χ3v) is 13.3. The van der Waals surface area contributed by atoms with E-state index in [-0.39, 0.29) is 0 Å². The van der Waals surface area contributed by atoms with Crippen molar-refractivity contribution < 1.29 is 0 Å². The van der Waals surface area contributed by atoms with Crippen LogP contribution in [0.15, 0.2) is 24.3 Å². The first kappa shape index (κ1) is 18.9. The van der Waals surface area contributed by atoms with Crippen LogP contribution in [0.25, 0.3) is 47.0 Å². The van der Waals surface area contributed by atoms with Crippen molar-refractivity contribution in [1.82, 2.24) is 0 Å². The molecule has 0 radical (unpaired) electrons. The topological polar surface area (TPSA) is 0 Å². The highest BCUT2D eigenvalue weighted by atomic mass is 32.2. The quantitative estimate of drug-likeness (QED) is 0.193. The molecule has 0 aliphatic rings. The zero-order valence-electron chi connectivity index (χ0n) is 16.2. The summed E-state index contributed by atoms with van der Waals surface area (Å²) in [6.07, 6.45) is 0. The summed E-state index contributed by atoms with van der Waals surface area (Å²) in [6, 6.07) is 9.27. The molecule has 7 heterocycles. The van der Waals surface area contributed by atoms with Crippen LogP contribution in [0.3, 0.4) is 0 Å². The summed E-state index contributed by atoms with van der Waals surface area (Å²) in [5.41, 5.74) is 0. The number of aryl methyl sites for hydroxylation is 4. The van der Waals surface area contributed by atoms with E-state index >= 15 is 0 Å². The number of thiophene rings is 7. The number of hydrogen-bond donors (Lipinski definition) is 0. The van der Waals surface area contributed by atoms with Gasteiger partial charge in [0.05, 0.1) is 26.8 Å². The predicted octanol–water partition coefficient (Wildman–Crippen LogP) is 10.8. The van der Waals surface area contributed by atoms with E-state index in [1.807, 2.05) is 79.4 Å².